The highest BCUT2D eigenvalue weighted by molar-refractivity contribution is 6.32. The molecular weight excluding hydrogens is 322 g/mol. The van der Waals surface area contributed by atoms with E-state index >= 15 is 0 Å². The lowest BCUT2D eigenvalue weighted by molar-refractivity contribution is -0.140. The number of hydrogen-bond donors (Lipinski definition) is 0. The molecule has 0 saturated carbocycles. The Morgan fingerprint density at radius 3 is 2.22 bits per heavy atom. The molecule has 1 aromatic carbocycles. The second-order valence-electron chi connectivity index (χ2n) is 5.11. The Kier molecular flexibility index (Phi) is 5.28. The molecule has 0 aromatic heterocycles. The third-order valence-corrected chi connectivity index (χ3v) is 4.16. The van der Waals surface area contributed by atoms with Gasteiger partial charge in [-0.1, -0.05) is 11.6 Å². The SMILES string of the molecule is COC(=O)C1=C(C(=O)OC)N(c2cc(C)c(Cl)c(C)c2)COC1. The van der Waals surface area contributed by atoms with Gasteiger partial charge in [-0.25, -0.2) is 9.59 Å². The number of carbonyl (C=O) groups is 2. The highest BCUT2D eigenvalue weighted by Crippen LogP contribution is 2.31. The van der Waals surface area contributed by atoms with Gasteiger partial charge in [0.15, 0.2) is 0 Å². The van der Waals surface area contributed by atoms with E-state index in [9.17, 15) is 9.59 Å². The Balaban J connectivity index is 2.59. The molecule has 6 nitrogen and oxygen atoms in total. The quantitative estimate of drug-likeness (QED) is 0.788. The van der Waals surface area contributed by atoms with Gasteiger partial charge in [-0.2, -0.15) is 0 Å². The highest BCUT2D eigenvalue weighted by Gasteiger charge is 2.32. The standard InChI is InChI=1S/C16H18ClNO5/c1-9-5-11(6-10(2)13(9)17)18-8-23-7-12(15(19)21-3)14(18)16(20)22-4/h5-6H,7-8H2,1-4H3. The van der Waals surface area contributed by atoms with Crippen molar-refractivity contribution in [1.82, 2.24) is 0 Å². The van der Waals surface area contributed by atoms with E-state index in [2.05, 4.69) is 0 Å². The smallest absolute Gasteiger partial charge is 0.355 e. The number of methoxy groups -OCH3 is 2. The summed E-state index contributed by atoms with van der Waals surface area (Å²) in [5.41, 5.74) is 2.64. The van der Waals surface area contributed by atoms with Crippen LogP contribution >= 0.6 is 11.6 Å². The van der Waals surface area contributed by atoms with Crippen LogP contribution in [-0.2, 0) is 23.8 Å². The molecule has 0 fully saturated rings. The molecule has 1 aliphatic rings. The predicted octanol–water partition coefficient (Wildman–Crippen LogP) is 2.35. The molecular formula is C16H18ClNO5. The van der Waals surface area contributed by atoms with E-state index in [0.717, 1.165) is 11.1 Å². The minimum Gasteiger partial charge on any atom is -0.466 e. The molecule has 0 saturated heterocycles. The number of benzene rings is 1. The van der Waals surface area contributed by atoms with Gasteiger partial charge in [-0.05, 0) is 37.1 Å². The number of aryl methyl sites for hydroxylation is 2. The van der Waals surface area contributed by atoms with Crippen LogP contribution in [0.25, 0.3) is 0 Å². The average Bonchev–Trinajstić information content (AvgIpc) is 2.57. The second kappa shape index (κ2) is 7.02. The lowest BCUT2D eigenvalue weighted by Gasteiger charge is -2.31. The predicted molar refractivity (Wildman–Crippen MR) is 85.3 cm³/mol. The molecule has 1 aromatic rings. The molecule has 0 atom stereocenters. The van der Waals surface area contributed by atoms with E-state index in [4.69, 9.17) is 25.8 Å². The number of esters is 2. The third kappa shape index (κ3) is 3.33. The third-order valence-electron chi connectivity index (χ3n) is 3.57. The fourth-order valence-electron chi connectivity index (χ4n) is 2.43. The lowest BCUT2D eigenvalue weighted by atomic mass is 10.1. The topological polar surface area (TPSA) is 65.1 Å². The maximum atomic E-state index is 12.2. The number of hydrogen-bond acceptors (Lipinski definition) is 6. The molecule has 0 radical (unpaired) electrons. The molecule has 23 heavy (non-hydrogen) atoms. The Morgan fingerprint density at radius 1 is 1.13 bits per heavy atom. The normalized spacial score (nSPS) is 14.7. The number of ether oxygens (including phenoxy) is 3. The van der Waals surface area contributed by atoms with Crippen LogP contribution in [0, 0.1) is 13.8 Å². The van der Waals surface area contributed by atoms with Gasteiger partial charge in [0.05, 0.1) is 26.4 Å². The first-order valence-electron chi connectivity index (χ1n) is 6.92. The summed E-state index contributed by atoms with van der Waals surface area (Å²) in [5.74, 6) is -1.25. The van der Waals surface area contributed by atoms with Crippen LogP contribution in [0.4, 0.5) is 5.69 Å². The Hall–Kier alpha value is -2.05. The van der Waals surface area contributed by atoms with E-state index < -0.39 is 11.9 Å². The van der Waals surface area contributed by atoms with Gasteiger partial charge in [0.2, 0.25) is 0 Å². The van der Waals surface area contributed by atoms with Gasteiger partial charge >= 0.3 is 11.9 Å². The zero-order valence-electron chi connectivity index (χ0n) is 13.4. The number of nitrogens with zero attached hydrogens (tertiary/aromatic N) is 1. The van der Waals surface area contributed by atoms with Gasteiger partial charge in [-0.15, -0.1) is 0 Å². The van der Waals surface area contributed by atoms with E-state index in [0.29, 0.717) is 10.7 Å². The first kappa shape index (κ1) is 17.3. The van der Waals surface area contributed by atoms with E-state index in [1.54, 1.807) is 4.90 Å². The van der Waals surface area contributed by atoms with Crippen LogP contribution in [0.5, 0.6) is 0 Å². The minimum absolute atomic E-state index is 0.0147. The van der Waals surface area contributed by atoms with Crippen LogP contribution in [-0.4, -0.2) is 39.5 Å². The van der Waals surface area contributed by atoms with Crippen LogP contribution in [0.15, 0.2) is 23.4 Å². The van der Waals surface area contributed by atoms with Crippen molar-refractivity contribution in [2.45, 2.75) is 13.8 Å². The Bertz CT molecular complexity index is 660. The summed E-state index contributed by atoms with van der Waals surface area (Å²) >= 11 is 6.19. The van der Waals surface area contributed by atoms with Crippen molar-refractivity contribution in [2.75, 3.05) is 32.5 Å². The van der Waals surface area contributed by atoms with Gasteiger partial charge in [-0.3, -0.25) is 0 Å². The largest absolute Gasteiger partial charge is 0.466 e. The number of carbonyl (C=O) groups excluding carboxylic acids is 2. The number of rotatable bonds is 3. The molecule has 7 heteroatoms. The average molecular weight is 340 g/mol. The fraction of sp³-hybridized carbons (Fsp3) is 0.375. The summed E-state index contributed by atoms with van der Waals surface area (Å²) in [7, 11) is 2.51. The van der Waals surface area contributed by atoms with Crippen molar-refractivity contribution in [3.05, 3.63) is 39.6 Å². The highest BCUT2D eigenvalue weighted by atomic mass is 35.5. The summed E-state index contributed by atoms with van der Waals surface area (Å²) < 4.78 is 15.0. The first-order valence-corrected chi connectivity index (χ1v) is 7.30. The Morgan fingerprint density at radius 2 is 1.70 bits per heavy atom. The van der Waals surface area contributed by atoms with Crippen LogP contribution in [0.1, 0.15) is 11.1 Å². The summed E-state index contributed by atoms with van der Waals surface area (Å²) in [4.78, 5) is 25.7. The van der Waals surface area contributed by atoms with Gasteiger partial charge < -0.3 is 19.1 Å². The molecule has 0 N–H and O–H groups in total. The lowest BCUT2D eigenvalue weighted by Crippen LogP contribution is -2.38. The molecule has 0 amide bonds. The van der Waals surface area contributed by atoms with E-state index in [1.807, 2.05) is 26.0 Å². The van der Waals surface area contributed by atoms with Gasteiger partial charge in [0.25, 0.3) is 0 Å². The molecule has 0 aliphatic carbocycles. The Labute approximate surface area is 139 Å². The maximum absolute atomic E-state index is 12.2. The second-order valence-corrected chi connectivity index (χ2v) is 5.49. The van der Waals surface area contributed by atoms with Crippen LogP contribution in [0.2, 0.25) is 5.02 Å². The molecule has 2 rings (SSSR count). The van der Waals surface area contributed by atoms with Crippen molar-refractivity contribution in [2.24, 2.45) is 0 Å². The van der Waals surface area contributed by atoms with Crippen LogP contribution in [0.3, 0.4) is 0 Å². The van der Waals surface area contributed by atoms with Crippen molar-refractivity contribution >= 4 is 29.2 Å². The van der Waals surface area contributed by atoms with Crippen molar-refractivity contribution < 1.29 is 23.8 Å². The zero-order chi connectivity index (χ0) is 17.1. The minimum atomic E-state index is -0.627. The van der Waals surface area contributed by atoms with E-state index in [1.165, 1.54) is 14.2 Å². The molecule has 124 valence electrons. The number of halogens is 1. The fourth-order valence-corrected chi connectivity index (χ4v) is 2.54. The molecule has 0 bridgehead atoms. The molecule has 0 unspecified atom stereocenters. The molecule has 0 spiro atoms. The summed E-state index contributed by atoms with van der Waals surface area (Å²) in [6.07, 6.45) is 0. The van der Waals surface area contributed by atoms with Crippen molar-refractivity contribution in [3.63, 3.8) is 0 Å². The van der Waals surface area contributed by atoms with E-state index in [-0.39, 0.29) is 24.6 Å². The molecule has 1 aliphatic heterocycles. The summed E-state index contributed by atoms with van der Waals surface area (Å²) in [6.45, 7) is 3.84. The van der Waals surface area contributed by atoms with Crippen molar-refractivity contribution in [1.29, 1.82) is 0 Å². The van der Waals surface area contributed by atoms with Gasteiger partial charge in [0.1, 0.15) is 12.4 Å². The maximum Gasteiger partial charge on any atom is 0.355 e. The molecule has 1 heterocycles. The van der Waals surface area contributed by atoms with Gasteiger partial charge in [0, 0.05) is 10.7 Å². The van der Waals surface area contributed by atoms with Crippen LogP contribution < -0.4 is 4.90 Å². The number of anilines is 1. The van der Waals surface area contributed by atoms with Crippen molar-refractivity contribution in [3.8, 4) is 0 Å². The zero-order valence-corrected chi connectivity index (χ0v) is 14.2. The monoisotopic (exact) mass is 339 g/mol. The summed E-state index contributed by atoms with van der Waals surface area (Å²) in [5, 5.41) is 0.656. The first-order chi connectivity index (χ1) is 10.9. The summed E-state index contributed by atoms with van der Waals surface area (Å²) in [6, 6.07) is 3.64.